The molecule has 0 spiro atoms. The molecule has 0 saturated carbocycles. The zero-order valence-electron chi connectivity index (χ0n) is 11.8. The van der Waals surface area contributed by atoms with Crippen LogP contribution in [0.5, 0.6) is 11.5 Å². The Morgan fingerprint density at radius 3 is 2.62 bits per heavy atom. The molecule has 0 aliphatic rings. The van der Waals surface area contributed by atoms with E-state index in [9.17, 15) is 0 Å². The highest BCUT2D eigenvalue weighted by molar-refractivity contribution is 9.10. The molecule has 0 aliphatic carbocycles. The average molecular weight is 347 g/mol. The molecule has 2 rings (SSSR count). The van der Waals surface area contributed by atoms with Crippen molar-refractivity contribution in [1.82, 2.24) is 0 Å². The van der Waals surface area contributed by atoms with E-state index < -0.39 is 0 Å². The van der Waals surface area contributed by atoms with E-state index in [1.165, 1.54) is 0 Å². The smallest absolute Gasteiger partial charge is 0.124 e. The fraction of sp³-hybridized carbons (Fsp3) is 0.188. The normalized spacial score (nSPS) is 9.81. The SMILES string of the molecule is COc1ccc(OC)c(CNc2ccc(Br)cc2C#N)c1. The second kappa shape index (κ2) is 7.00. The molecule has 1 N–H and O–H groups in total. The van der Waals surface area contributed by atoms with Gasteiger partial charge in [0, 0.05) is 16.6 Å². The number of ether oxygens (including phenoxy) is 2. The summed E-state index contributed by atoms with van der Waals surface area (Å²) in [6, 6.07) is 13.4. The van der Waals surface area contributed by atoms with Crippen LogP contribution in [-0.2, 0) is 6.54 Å². The third-order valence-corrected chi connectivity index (χ3v) is 3.55. The Hall–Kier alpha value is -2.19. The first kappa shape index (κ1) is 15.2. The van der Waals surface area contributed by atoms with Gasteiger partial charge in [-0.25, -0.2) is 0 Å². The number of nitrogens with zero attached hydrogens (tertiary/aromatic N) is 1. The lowest BCUT2D eigenvalue weighted by Gasteiger charge is -2.13. The molecule has 108 valence electrons. The van der Waals surface area contributed by atoms with Gasteiger partial charge in [-0.3, -0.25) is 0 Å². The number of benzene rings is 2. The van der Waals surface area contributed by atoms with Gasteiger partial charge in [-0.1, -0.05) is 15.9 Å². The highest BCUT2D eigenvalue weighted by atomic mass is 79.9. The van der Waals surface area contributed by atoms with Crippen LogP contribution in [0.3, 0.4) is 0 Å². The second-order valence-electron chi connectivity index (χ2n) is 4.33. The molecule has 0 radical (unpaired) electrons. The lowest BCUT2D eigenvalue weighted by molar-refractivity contribution is 0.399. The van der Waals surface area contributed by atoms with Gasteiger partial charge in [-0.05, 0) is 36.4 Å². The van der Waals surface area contributed by atoms with Crippen LogP contribution < -0.4 is 14.8 Å². The molecule has 0 fully saturated rings. The minimum absolute atomic E-state index is 0.538. The van der Waals surface area contributed by atoms with Crippen LogP contribution in [0.15, 0.2) is 40.9 Å². The molecule has 0 unspecified atom stereocenters. The number of nitriles is 1. The molecule has 4 nitrogen and oxygen atoms in total. The summed E-state index contributed by atoms with van der Waals surface area (Å²) in [5, 5.41) is 12.4. The number of halogens is 1. The van der Waals surface area contributed by atoms with Crippen molar-refractivity contribution in [3.05, 3.63) is 52.0 Å². The molecule has 0 atom stereocenters. The van der Waals surface area contributed by atoms with Crippen LogP contribution in [0.1, 0.15) is 11.1 Å². The summed E-state index contributed by atoms with van der Waals surface area (Å²) >= 11 is 3.36. The van der Waals surface area contributed by atoms with E-state index in [-0.39, 0.29) is 0 Å². The number of nitrogens with one attached hydrogen (secondary N) is 1. The molecular formula is C16H15BrN2O2. The summed E-state index contributed by atoms with van der Waals surface area (Å²) < 4.78 is 11.4. The Morgan fingerprint density at radius 1 is 1.14 bits per heavy atom. The number of hydrogen-bond acceptors (Lipinski definition) is 4. The molecule has 0 bridgehead atoms. The maximum absolute atomic E-state index is 9.17. The van der Waals surface area contributed by atoms with Gasteiger partial charge in [-0.15, -0.1) is 0 Å². The van der Waals surface area contributed by atoms with E-state index in [4.69, 9.17) is 14.7 Å². The number of methoxy groups -OCH3 is 2. The van der Waals surface area contributed by atoms with Crippen molar-refractivity contribution in [3.8, 4) is 17.6 Å². The lowest BCUT2D eigenvalue weighted by atomic mass is 10.1. The molecule has 2 aromatic carbocycles. The zero-order chi connectivity index (χ0) is 15.2. The molecule has 0 saturated heterocycles. The molecule has 0 aromatic heterocycles. The Morgan fingerprint density at radius 2 is 1.95 bits per heavy atom. The highest BCUT2D eigenvalue weighted by Gasteiger charge is 2.07. The number of anilines is 1. The van der Waals surface area contributed by atoms with Crippen LogP contribution in [0.2, 0.25) is 0 Å². The van der Waals surface area contributed by atoms with Gasteiger partial charge in [0.05, 0.1) is 25.5 Å². The van der Waals surface area contributed by atoms with Gasteiger partial charge in [0.15, 0.2) is 0 Å². The molecule has 0 heterocycles. The van der Waals surface area contributed by atoms with Gasteiger partial charge >= 0.3 is 0 Å². The maximum Gasteiger partial charge on any atom is 0.124 e. The van der Waals surface area contributed by atoms with Gasteiger partial charge in [-0.2, -0.15) is 5.26 Å². The number of hydrogen-bond donors (Lipinski definition) is 1. The minimum atomic E-state index is 0.538. The Kier molecular flexibility index (Phi) is 5.07. The second-order valence-corrected chi connectivity index (χ2v) is 5.25. The topological polar surface area (TPSA) is 54.3 Å². The van der Waals surface area contributed by atoms with E-state index in [2.05, 4.69) is 27.3 Å². The Labute approximate surface area is 132 Å². The van der Waals surface area contributed by atoms with Gasteiger partial charge in [0.25, 0.3) is 0 Å². The van der Waals surface area contributed by atoms with E-state index in [1.54, 1.807) is 20.3 Å². The van der Waals surface area contributed by atoms with E-state index in [0.29, 0.717) is 12.1 Å². The Balaban J connectivity index is 2.22. The quantitative estimate of drug-likeness (QED) is 0.890. The third-order valence-electron chi connectivity index (χ3n) is 3.06. The van der Waals surface area contributed by atoms with E-state index in [1.807, 2.05) is 30.3 Å². The Bertz CT molecular complexity index is 680. The zero-order valence-corrected chi connectivity index (χ0v) is 13.4. The first-order valence-electron chi connectivity index (χ1n) is 6.32. The van der Waals surface area contributed by atoms with Crippen LogP contribution in [0, 0.1) is 11.3 Å². The predicted molar refractivity (Wildman–Crippen MR) is 85.7 cm³/mol. The summed E-state index contributed by atoms with van der Waals surface area (Å²) in [5.41, 5.74) is 2.33. The monoisotopic (exact) mass is 346 g/mol. The van der Waals surface area contributed by atoms with Crippen LogP contribution in [0.25, 0.3) is 0 Å². The van der Waals surface area contributed by atoms with Gasteiger partial charge in [0.2, 0.25) is 0 Å². The van der Waals surface area contributed by atoms with Crippen molar-refractivity contribution >= 4 is 21.6 Å². The standard InChI is InChI=1S/C16H15BrN2O2/c1-20-14-4-6-16(21-2)12(8-14)10-19-15-5-3-13(17)7-11(15)9-18/h3-8,19H,10H2,1-2H3. The maximum atomic E-state index is 9.17. The van der Waals surface area contributed by atoms with Crippen LogP contribution >= 0.6 is 15.9 Å². The molecular weight excluding hydrogens is 332 g/mol. The van der Waals surface area contributed by atoms with Gasteiger partial charge < -0.3 is 14.8 Å². The predicted octanol–water partition coefficient (Wildman–Crippen LogP) is 3.95. The van der Waals surface area contributed by atoms with Crippen molar-refractivity contribution in [2.45, 2.75) is 6.54 Å². The van der Waals surface area contributed by atoms with Crippen molar-refractivity contribution < 1.29 is 9.47 Å². The highest BCUT2D eigenvalue weighted by Crippen LogP contribution is 2.26. The fourth-order valence-electron chi connectivity index (χ4n) is 1.97. The third kappa shape index (κ3) is 3.67. The van der Waals surface area contributed by atoms with Crippen molar-refractivity contribution in [3.63, 3.8) is 0 Å². The average Bonchev–Trinajstić information content (AvgIpc) is 2.53. The summed E-state index contributed by atoms with van der Waals surface area (Å²) in [5.74, 6) is 1.54. The van der Waals surface area contributed by atoms with Crippen LogP contribution in [-0.4, -0.2) is 14.2 Å². The lowest BCUT2D eigenvalue weighted by Crippen LogP contribution is -2.03. The van der Waals surface area contributed by atoms with Crippen molar-refractivity contribution in [1.29, 1.82) is 5.26 Å². The molecule has 2 aromatic rings. The van der Waals surface area contributed by atoms with E-state index in [0.717, 1.165) is 27.2 Å². The fourth-order valence-corrected chi connectivity index (χ4v) is 2.33. The summed E-state index contributed by atoms with van der Waals surface area (Å²) in [4.78, 5) is 0. The summed E-state index contributed by atoms with van der Waals surface area (Å²) in [6.07, 6.45) is 0. The van der Waals surface area contributed by atoms with Crippen molar-refractivity contribution in [2.24, 2.45) is 0 Å². The van der Waals surface area contributed by atoms with E-state index >= 15 is 0 Å². The van der Waals surface area contributed by atoms with Gasteiger partial charge in [0.1, 0.15) is 17.6 Å². The summed E-state index contributed by atoms with van der Waals surface area (Å²) in [7, 11) is 3.26. The molecule has 21 heavy (non-hydrogen) atoms. The summed E-state index contributed by atoms with van der Waals surface area (Å²) in [6.45, 7) is 0.538. The molecule has 0 amide bonds. The minimum Gasteiger partial charge on any atom is -0.497 e. The first-order chi connectivity index (χ1) is 10.2. The molecule has 5 heteroatoms. The largest absolute Gasteiger partial charge is 0.497 e. The van der Waals surface area contributed by atoms with Crippen LogP contribution in [0.4, 0.5) is 5.69 Å². The molecule has 0 aliphatic heterocycles. The van der Waals surface area contributed by atoms with Crippen molar-refractivity contribution in [2.75, 3.05) is 19.5 Å². The number of rotatable bonds is 5. The first-order valence-corrected chi connectivity index (χ1v) is 7.11.